The number of allylic oxidation sites excluding steroid dienone is 4. The number of hydrogen-bond donors (Lipinski definition) is 0. The third kappa shape index (κ3) is 6.55. The highest BCUT2D eigenvalue weighted by Crippen LogP contribution is 2.35. The maximum absolute atomic E-state index is 12.8. The van der Waals surface area contributed by atoms with Crippen molar-refractivity contribution in [3.63, 3.8) is 0 Å². The van der Waals surface area contributed by atoms with E-state index < -0.39 is 5.83 Å². The number of hydrogen-bond acceptors (Lipinski definition) is 3. The SMILES string of the molecule is N#CC(F)=CC=CC1CCC(COC2CCC(c3ccc(C#N)cc3)CC2)CC1. The number of rotatable bonds is 6. The average Bonchev–Trinajstić information content (AvgIpc) is 2.79. The molecule has 152 valence electrons. The minimum absolute atomic E-state index is 0.376. The van der Waals surface area contributed by atoms with Crippen LogP contribution in [-0.2, 0) is 4.74 Å². The minimum Gasteiger partial charge on any atom is -0.378 e. The first-order valence-corrected chi connectivity index (χ1v) is 10.7. The zero-order valence-corrected chi connectivity index (χ0v) is 16.9. The summed E-state index contributed by atoms with van der Waals surface area (Å²) < 4.78 is 19.0. The summed E-state index contributed by atoms with van der Waals surface area (Å²) >= 11 is 0. The van der Waals surface area contributed by atoms with Crippen LogP contribution in [-0.4, -0.2) is 12.7 Å². The summed E-state index contributed by atoms with van der Waals surface area (Å²) in [7, 11) is 0. The maximum atomic E-state index is 12.8. The molecule has 29 heavy (non-hydrogen) atoms. The van der Waals surface area contributed by atoms with Gasteiger partial charge in [0.1, 0.15) is 6.07 Å². The molecule has 2 aliphatic carbocycles. The summed E-state index contributed by atoms with van der Waals surface area (Å²) in [5.74, 6) is 0.959. The van der Waals surface area contributed by atoms with E-state index >= 15 is 0 Å². The van der Waals surface area contributed by atoms with Crippen molar-refractivity contribution in [2.24, 2.45) is 11.8 Å². The maximum Gasteiger partial charge on any atom is 0.199 e. The molecular formula is C25H29FN2O. The van der Waals surface area contributed by atoms with Gasteiger partial charge in [-0.05, 0) is 92.9 Å². The van der Waals surface area contributed by atoms with Crippen LogP contribution in [0.15, 0.2) is 48.3 Å². The molecule has 0 aliphatic heterocycles. The van der Waals surface area contributed by atoms with Crippen LogP contribution in [0.25, 0.3) is 0 Å². The molecule has 2 saturated carbocycles. The van der Waals surface area contributed by atoms with Crippen LogP contribution in [0.2, 0.25) is 0 Å². The number of nitriles is 2. The van der Waals surface area contributed by atoms with Gasteiger partial charge in [-0.1, -0.05) is 24.3 Å². The van der Waals surface area contributed by atoms with Crippen LogP contribution >= 0.6 is 0 Å². The number of halogens is 1. The molecule has 0 spiro atoms. The van der Waals surface area contributed by atoms with Crippen molar-refractivity contribution >= 4 is 0 Å². The molecular weight excluding hydrogens is 363 g/mol. The topological polar surface area (TPSA) is 56.8 Å². The molecule has 0 atom stereocenters. The van der Waals surface area contributed by atoms with E-state index in [1.807, 2.05) is 18.2 Å². The summed E-state index contributed by atoms with van der Waals surface area (Å²) in [4.78, 5) is 0. The second-order valence-electron chi connectivity index (χ2n) is 8.33. The predicted octanol–water partition coefficient (Wildman–Crippen LogP) is 6.34. The fourth-order valence-electron chi connectivity index (χ4n) is 4.55. The molecule has 4 heteroatoms. The number of benzene rings is 1. The van der Waals surface area contributed by atoms with E-state index in [2.05, 4.69) is 18.2 Å². The Labute approximate surface area is 173 Å². The van der Waals surface area contributed by atoms with E-state index in [1.165, 1.54) is 17.7 Å². The van der Waals surface area contributed by atoms with Crippen molar-refractivity contribution in [2.75, 3.05) is 6.61 Å². The first-order chi connectivity index (χ1) is 14.2. The second-order valence-corrected chi connectivity index (χ2v) is 8.33. The summed E-state index contributed by atoms with van der Waals surface area (Å²) in [6.45, 7) is 0.853. The van der Waals surface area contributed by atoms with Crippen LogP contribution in [0.3, 0.4) is 0 Å². The molecule has 0 unspecified atom stereocenters. The fourth-order valence-corrected chi connectivity index (χ4v) is 4.55. The van der Waals surface area contributed by atoms with E-state index in [0.29, 0.717) is 23.9 Å². The zero-order chi connectivity index (χ0) is 20.5. The molecule has 0 radical (unpaired) electrons. The van der Waals surface area contributed by atoms with Gasteiger partial charge in [-0.2, -0.15) is 14.9 Å². The van der Waals surface area contributed by atoms with Crippen LogP contribution < -0.4 is 0 Å². The lowest BCUT2D eigenvalue weighted by molar-refractivity contribution is -0.00337. The molecule has 0 saturated heterocycles. The lowest BCUT2D eigenvalue weighted by atomic mass is 9.81. The summed E-state index contributed by atoms with van der Waals surface area (Å²) in [6, 6.07) is 11.7. The van der Waals surface area contributed by atoms with Crippen molar-refractivity contribution < 1.29 is 9.13 Å². The number of nitrogens with zero attached hydrogens (tertiary/aromatic N) is 2. The van der Waals surface area contributed by atoms with E-state index in [1.54, 1.807) is 6.08 Å². The lowest BCUT2D eigenvalue weighted by Crippen LogP contribution is -2.25. The van der Waals surface area contributed by atoms with Gasteiger partial charge in [-0.3, -0.25) is 0 Å². The summed E-state index contributed by atoms with van der Waals surface area (Å²) in [5.41, 5.74) is 2.07. The first-order valence-electron chi connectivity index (χ1n) is 10.7. The molecule has 1 aromatic carbocycles. The highest BCUT2D eigenvalue weighted by Gasteiger charge is 2.25. The van der Waals surface area contributed by atoms with Gasteiger partial charge < -0.3 is 4.74 Å². The third-order valence-corrected chi connectivity index (χ3v) is 6.38. The Morgan fingerprint density at radius 2 is 1.69 bits per heavy atom. The Bertz CT molecular complexity index is 784. The Kier molecular flexibility index (Phi) is 8.03. The Morgan fingerprint density at radius 3 is 2.31 bits per heavy atom. The summed E-state index contributed by atoms with van der Waals surface area (Å²) in [6.07, 6.45) is 14.4. The van der Waals surface area contributed by atoms with E-state index in [0.717, 1.165) is 63.5 Å². The van der Waals surface area contributed by atoms with Gasteiger partial charge >= 0.3 is 0 Å². The largest absolute Gasteiger partial charge is 0.378 e. The lowest BCUT2D eigenvalue weighted by Gasteiger charge is -2.32. The molecule has 1 aromatic rings. The van der Waals surface area contributed by atoms with Gasteiger partial charge in [0.25, 0.3) is 0 Å². The van der Waals surface area contributed by atoms with Gasteiger partial charge in [0.2, 0.25) is 0 Å². The van der Waals surface area contributed by atoms with Crippen LogP contribution in [0.1, 0.15) is 68.4 Å². The van der Waals surface area contributed by atoms with Gasteiger partial charge in [-0.25, -0.2) is 0 Å². The molecule has 0 bridgehead atoms. The molecule has 0 amide bonds. The quantitative estimate of drug-likeness (QED) is 0.419. The van der Waals surface area contributed by atoms with Crippen LogP contribution in [0, 0.1) is 34.5 Å². The molecule has 3 rings (SSSR count). The van der Waals surface area contributed by atoms with Crippen LogP contribution in [0.4, 0.5) is 4.39 Å². The van der Waals surface area contributed by atoms with Gasteiger partial charge in [-0.15, -0.1) is 0 Å². The predicted molar refractivity (Wildman–Crippen MR) is 111 cm³/mol. The van der Waals surface area contributed by atoms with Crippen molar-refractivity contribution in [3.05, 3.63) is 59.4 Å². The highest BCUT2D eigenvalue weighted by molar-refractivity contribution is 5.33. The van der Waals surface area contributed by atoms with Gasteiger partial charge in [0, 0.05) is 6.61 Å². The molecule has 3 nitrogen and oxygen atoms in total. The highest BCUT2D eigenvalue weighted by atomic mass is 19.1. The molecule has 0 N–H and O–H groups in total. The minimum atomic E-state index is -0.739. The fraction of sp³-hybridized carbons (Fsp3) is 0.520. The molecule has 2 aliphatic rings. The first kappa shape index (κ1) is 21.3. The Balaban J connectivity index is 1.34. The van der Waals surface area contributed by atoms with Crippen LogP contribution in [0.5, 0.6) is 0 Å². The smallest absolute Gasteiger partial charge is 0.199 e. The summed E-state index contributed by atoms with van der Waals surface area (Å²) in [5, 5.41) is 17.3. The van der Waals surface area contributed by atoms with Crippen molar-refractivity contribution in [3.8, 4) is 12.1 Å². The monoisotopic (exact) mass is 392 g/mol. The van der Waals surface area contributed by atoms with Gasteiger partial charge in [0.05, 0.1) is 17.7 Å². The standard InChI is InChI=1S/C25H29FN2O/c26-24(17-28)3-1-2-19-4-6-21(7-5-19)18-29-25-14-12-23(13-15-25)22-10-8-20(16-27)9-11-22/h1-3,8-11,19,21,23,25H,4-7,12-15,18H2. The van der Waals surface area contributed by atoms with E-state index in [9.17, 15) is 4.39 Å². The van der Waals surface area contributed by atoms with Crippen molar-refractivity contribution in [1.29, 1.82) is 10.5 Å². The third-order valence-electron chi connectivity index (χ3n) is 6.38. The normalized spacial score (nSPS) is 28.0. The van der Waals surface area contributed by atoms with Crippen molar-refractivity contribution in [1.82, 2.24) is 0 Å². The molecule has 2 fully saturated rings. The van der Waals surface area contributed by atoms with Gasteiger partial charge in [0.15, 0.2) is 5.83 Å². The molecule has 0 heterocycles. The average molecular weight is 393 g/mol. The second kappa shape index (κ2) is 10.9. The zero-order valence-electron chi connectivity index (χ0n) is 16.9. The van der Waals surface area contributed by atoms with Crippen molar-refractivity contribution in [2.45, 2.75) is 63.4 Å². The molecule has 0 aromatic heterocycles. The van der Waals surface area contributed by atoms with E-state index in [-0.39, 0.29) is 0 Å². The Morgan fingerprint density at radius 1 is 1.00 bits per heavy atom. The number of ether oxygens (including phenoxy) is 1. The van der Waals surface area contributed by atoms with E-state index in [4.69, 9.17) is 15.3 Å². The Hall–Kier alpha value is -2.43.